The molecule has 1 unspecified atom stereocenters. The zero-order valence-electron chi connectivity index (χ0n) is 12.8. The Kier molecular flexibility index (Phi) is 5.55. The van der Waals surface area contributed by atoms with Crippen LogP contribution in [0, 0.1) is 12.8 Å². The summed E-state index contributed by atoms with van der Waals surface area (Å²) < 4.78 is 26.7. The number of nitrogens with zero attached hydrogens (tertiary/aromatic N) is 1. The van der Waals surface area contributed by atoms with Crippen LogP contribution in [0.3, 0.4) is 0 Å². The van der Waals surface area contributed by atoms with Crippen molar-refractivity contribution in [2.45, 2.75) is 24.7 Å². The summed E-state index contributed by atoms with van der Waals surface area (Å²) in [6, 6.07) is 6.79. The SMILES string of the molecule is Cc1ccc(S(=O)(=O)N2CCCC(C(=O)NCCN)C2)cc1. The van der Waals surface area contributed by atoms with Crippen molar-refractivity contribution < 1.29 is 13.2 Å². The van der Waals surface area contributed by atoms with Gasteiger partial charge in [0.2, 0.25) is 15.9 Å². The number of carbonyl (C=O) groups is 1. The topological polar surface area (TPSA) is 92.5 Å². The first kappa shape index (κ1) is 16.9. The highest BCUT2D eigenvalue weighted by atomic mass is 32.2. The van der Waals surface area contributed by atoms with Crippen LogP contribution >= 0.6 is 0 Å². The van der Waals surface area contributed by atoms with E-state index in [1.165, 1.54) is 4.31 Å². The van der Waals surface area contributed by atoms with Crippen molar-refractivity contribution in [3.63, 3.8) is 0 Å². The second-order valence-corrected chi connectivity index (χ2v) is 7.53. The van der Waals surface area contributed by atoms with Crippen molar-refractivity contribution in [3.05, 3.63) is 29.8 Å². The predicted octanol–water partition coefficient (Wildman–Crippen LogP) is 0.471. The summed E-state index contributed by atoms with van der Waals surface area (Å²) in [6.07, 6.45) is 1.39. The van der Waals surface area contributed by atoms with Crippen LogP contribution in [-0.4, -0.2) is 44.8 Å². The van der Waals surface area contributed by atoms with Crippen molar-refractivity contribution in [3.8, 4) is 0 Å². The second-order valence-electron chi connectivity index (χ2n) is 5.59. The molecule has 7 heteroatoms. The zero-order valence-corrected chi connectivity index (χ0v) is 13.6. The number of rotatable bonds is 5. The Labute approximate surface area is 131 Å². The lowest BCUT2D eigenvalue weighted by Gasteiger charge is -2.31. The van der Waals surface area contributed by atoms with Crippen LogP contribution < -0.4 is 11.1 Å². The van der Waals surface area contributed by atoms with Crippen molar-refractivity contribution in [2.75, 3.05) is 26.2 Å². The molecule has 1 atom stereocenters. The standard InChI is InChI=1S/C15H23N3O3S/c1-12-4-6-14(7-5-12)22(20,21)18-10-2-3-13(11-18)15(19)17-9-8-16/h4-7,13H,2-3,8-11,16H2,1H3,(H,17,19). The number of nitrogens with one attached hydrogen (secondary N) is 1. The maximum atomic E-state index is 12.7. The van der Waals surface area contributed by atoms with Crippen LogP contribution in [0.1, 0.15) is 18.4 Å². The lowest BCUT2D eigenvalue weighted by Crippen LogP contribution is -2.46. The van der Waals surface area contributed by atoms with Gasteiger partial charge in [0.25, 0.3) is 0 Å². The summed E-state index contributed by atoms with van der Waals surface area (Å²) in [5.41, 5.74) is 6.38. The van der Waals surface area contributed by atoms with Crippen molar-refractivity contribution in [2.24, 2.45) is 11.7 Å². The molecule has 1 aliphatic heterocycles. The first-order valence-electron chi connectivity index (χ1n) is 7.49. The summed E-state index contributed by atoms with van der Waals surface area (Å²) in [4.78, 5) is 12.3. The van der Waals surface area contributed by atoms with Crippen LogP contribution in [0.25, 0.3) is 0 Å². The van der Waals surface area contributed by atoms with Gasteiger partial charge in [-0.3, -0.25) is 4.79 Å². The van der Waals surface area contributed by atoms with Crippen LogP contribution in [-0.2, 0) is 14.8 Å². The lowest BCUT2D eigenvalue weighted by molar-refractivity contribution is -0.126. The van der Waals surface area contributed by atoms with Crippen molar-refractivity contribution in [1.29, 1.82) is 0 Å². The van der Waals surface area contributed by atoms with Crippen molar-refractivity contribution in [1.82, 2.24) is 9.62 Å². The third-order valence-electron chi connectivity index (χ3n) is 3.86. The minimum absolute atomic E-state index is 0.116. The average Bonchev–Trinajstić information content (AvgIpc) is 2.53. The van der Waals surface area contributed by atoms with Crippen LogP contribution in [0.15, 0.2) is 29.2 Å². The molecule has 0 aliphatic carbocycles. The number of benzene rings is 1. The van der Waals surface area contributed by atoms with E-state index in [2.05, 4.69) is 5.32 Å². The molecular weight excluding hydrogens is 302 g/mol. The van der Waals surface area contributed by atoms with Crippen LogP contribution in [0.2, 0.25) is 0 Å². The van der Waals surface area contributed by atoms with Gasteiger partial charge in [0.05, 0.1) is 10.8 Å². The monoisotopic (exact) mass is 325 g/mol. The summed E-state index contributed by atoms with van der Waals surface area (Å²) in [7, 11) is -3.54. The van der Waals surface area contributed by atoms with E-state index in [0.29, 0.717) is 32.5 Å². The van der Waals surface area contributed by atoms with Gasteiger partial charge in [0.1, 0.15) is 0 Å². The highest BCUT2D eigenvalue weighted by Crippen LogP contribution is 2.24. The Morgan fingerprint density at radius 3 is 2.68 bits per heavy atom. The van der Waals surface area contributed by atoms with Gasteiger partial charge in [-0.25, -0.2) is 8.42 Å². The Hall–Kier alpha value is -1.44. The molecule has 0 saturated carbocycles. The number of amides is 1. The number of hydrogen-bond donors (Lipinski definition) is 2. The summed E-state index contributed by atoms with van der Waals surface area (Å²) in [5.74, 6) is -0.422. The van der Waals surface area contributed by atoms with E-state index < -0.39 is 10.0 Å². The van der Waals surface area contributed by atoms with Crippen LogP contribution in [0.5, 0.6) is 0 Å². The number of carbonyl (C=O) groups excluding carboxylic acids is 1. The van der Waals surface area contributed by atoms with Gasteiger partial charge in [-0.1, -0.05) is 17.7 Å². The first-order valence-corrected chi connectivity index (χ1v) is 8.94. The van der Waals surface area contributed by atoms with E-state index in [4.69, 9.17) is 5.73 Å². The molecule has 1 aromatic rings. The largest absolute Gasteiger partial charge is 0.355 e. The molecule has 1 heterocycles. The van der Waals surface area contributed by atoms with E-state index in [1.54, 1.807) is 24.3 Å². The quantitative estimate of drug-likeness (QED) is 0.823. The lowest BCUT2D eigenvalue weighted by atomic mass is 9.99. The molecule has 0 spiro atoms. The summed E-state index contributed by atoms with van der Waals surface area (Å²) in [5, 5.41) is 2.74. The normalized spacial score (nSPS) is 19.8. The molecule has 1 aliphatic rings. The van der Waals surface area contributed by atoms with E-state index in [1.807, 2.05) is 6.92 Å². The van der Waals surface area contributed by atoms with Crippen LogP contribution in [0.4, 0.5) is 0 Å². The second kappa shape index (κ2) is 7.21. The molecule has 1 aromatic carbocycles. The minimum Gasteiger partial charge on any atom is -0.355 e. The summed E-state index contributed by atoms with van der Waals surface area (Å²) in [6.45, 7) is 3.39. The van der Waals surface area contributed by atoms with E-state index in [-0.39, 0.29) is 23.3 Å². The van der Waals surface area contributed by atoms with Gasteiger partial charge >= 0.3 is 0 Å². The fourth-order valence-corrected chi connectivity index (χ4v) is 4.10. The molecular formula is C15H23N3O3S. The predicted molar refractivity (Wildman–Crippen MR) is 84.7 cm³/mol. The highest BCUT2D eigenvalue weighted by Gasteiger charge is 2.33. The fourth-order valence-electron chi connectivity index (χ4n) is 2.57. The summed E-state index contributed by atoms with van der Waals surface area (Å²) >= 11 is 0. The molecule has 1 saturated heterocycles. The molecule has 22 heavy (non-hydrogen) atoms. The maximum absolute atomic E-state index is 12.7. The number of nitrogens with two attached hydrogens (primary N) is 1. The average molecular weight is 325 g/mol. The van der Waals surface area contributed by atoms with Gasteiger partial charge in [-0.05, 0) is 31.9 Å². The number of piperidine rings is 1. The third-order valence-corrected chi connectivity index (χ3v) is 5.74. The molecule has 6 nitrogen and oxygen atoms in total. The van der Waals surface area contributed by atoms with Gasteiger partial charge in [-0.2, -0.15) is 4.31 Å². The molecule has 0 aromatic heterocycles. The van der Waals surface area contributed by atoms with E-state index in [0.717, 1.165) is 5.56 Å². The molecule has 1 amide bonds. The van der Waals surface area contributed by atoms with Gasteiger partial charge in [0, 0.05) is 26.2 Å². The zero-order chi connectivity index (χ0) is 16.2. The minimum atomic E-state index is -3.54. The molecule has 1 fully saturated rings. The Morgan fingerprint density at radius 2 is 2.05 bits per heavy atom. The smallest absolute Gasteiger partial charge is 0.243 e. The Bertz CT molecular complexity index is 613. The van der Waals surface area contributed by atoms with Gasteiger partial charge in [0.15, 0.2) is 0 Å². The molecule has 3 N–H and O–H groups in total. The number of sulfonamides is 1. The maximum Gasteiger partial charge on any atom is 0.243 e. The number of aryl methyl sites for hydroxylation is 1. The van der Waals surface area contributed by atoms with Crippen molar-refractivity contribution >= 4 is 15.9 Å². The molecule has 122 valence electrons. The number of hydrogen-bond acceptors (Lipinski definition) is 4. The first-order chi connectivity index (χ1) is 10.4. The van der Waals surface area contributed by atoms with Gasteiger partial charge in [-0.15, -0.1) is 0 Å². The Balaban J connectivity index is 2.11. The van der Waals surface area contributed by atoms with Gasteiger partial charge < -0.3 is 11.1 Å². The molecule has 2 rings (SSSR count). The third kappa shape index (κ3) is 3.85. The Morgan fingerprint density at radius 1 is 1.36 bits per heavy atom. The van der Waals surface area contributed by atoms with E-state index >= 15 is 0 Å². The molecule has 0 bridgehead atoms. The fraction of sp³-hybridized carbons (Fsp3) is 0.533. The highest BCUT2D eigenvalue weighted by molar-refractivity contribution is 7.89. The van der Waals surface area contributed by atoms with E-state index in [9.17, 15) is 13.2 Å². The molecule has 0 radical (unpaired) electrons.